The SMILES string of the molecule is CC1(C)c2cc(N(c3cccc([Si]4(c5ccccc5)c5ccccc5-c5ccccc54)c3)c3ccc4ccccc4c3)ccc2-c2c(-c3ccccc3)cccc21. The summed E-state index contributed by atoms with van der Waals surface area (Å²) in [5, 5.41) is 8.17. The number of fused-ring (bicyclic) bond motifs is 7. The van der Waals surface area contributed by atoms with Crippen LogP contribution in [0.1, 0.15) is 25.0 Å². The van der Waals surface area contributed by atoms with Gasteiger partial charge in [-0.3, -0.25) is 0 Å². The van der Waals surface area contributed by atoms with E-state index in [1.54, 1.807) is 0 Å². The molecular weight excluding hydrogens is 703 g/mol. The normalized spacial score (nSPS) is 14.1. The lowest BCUT2D eigenvalue weighted by atomic mass is 9.81. The molecule has 0 unspecified atom stereocenters. The van der Waals surface area contributed by atoms with Crippen LogP contribution in [-0.2, 0) is 5.41 Å². The minimum atomic E-state index is -2.70. The van der Waals surface area contributed by atoms with Crippen molar-refractivity contribution in [2.75, 3.05) is 4.90 Å². The van der Waals surface area contributed by atoms with Gasteiger partial charge in [-0.1, -0.05) is 190 Å². The van der Waals surface area contributed by atoms with E-state index in [1.807, 2.05) is 0 Å². The predicted octanol–water partition coefficient (Wildman–Crippen LogP) is 11.6. The summed E-state index contributed by atoms with van der Waals surface area (Å²) >= 11 is 0. The lowest BCUT2D eigenvalue weighted by Crippen LogP contribution is -2.72. The fourth-order valence-electron chi connectivity index (χ4n) is 10.1. The van der Waals surface area contributed by atoms with Gasteiger partial charge in [0.2, 0.25) is 0 Å². The third kappa shape index (κ3) is 5.00. The molecule has 0 radical (unpaired) electrons. The molecule has 0 aromatic heterocycles. The van der Waals surface area contributed by atoms with E-state index in [0.29, 0.717) is 0 Å². The number of anilines is 3. The van der Waals surface area contributed by atoms with Gasteiger partial charge >= 0.3 is 0 Å². The molecule has 1 aliphatic heterocycles. The van der Waals surface area contributed by atoms with Crippen LogP contribution in [0.3, 0.4) is 0 Å². The van der Waals surface area contributed by atoms with Crippen LogP contribution in [0.15, 0.2) is 212 Å². The van der Waals surface area contributed by atoms with Gasteiger partial charge in [0.05, 0.1) is 0 Å². The van der Waals surface area contributed by atoms with E-state index in [0.717, 1.165) is 17.1 Å². The van der Waals surface area contributed by atoms with Crippen LogP contribution < -0.4 is 25.6 Å². The molecule has 0 bridgehead atoms. The smallest absolute Gasteiger partial charge is 0.180 e. The van der Waals surface area contributed by atoms with Crippen LogP contribution in [0.25, 0.3) is 44.2 Å². The molecule has 0 fully saturated rings. The summed E-state index contributed by atoms with van der Waals surface area (Å²) in [7, 11) is -2.70. The Morgan fingerprint density at radius 1 is 0.368 bits per heavy atom. The van der Waals surface area contributed by atoms with E-state index in [4.69, 9.17) is 0 Å². The predicted molar refractivity (Wildman–Crippen MR) is 244 cm³/mol. The summed E-state index contributed by atoms with van der Waals surface area (Å²) in [4.78, 5) is 2.49. The molecule has 1 heterocycles. The second-order valence-electron chi connectivity index (χ2n) is 16.1. The first-order valence-corrected chi connectivity index (χ1v) is 22.0. The molecule has 270 valence electrons. The highest BCUT2D eigenvalue weighted by molar-refractivity contribution is 7.22. The highest BCUT2D eigenvalue weighted by Gasteiger charge is 2.48. The topological polar surface area (TPSA) is 3.24 Å². The van der Waals surface area contributed by atoms with Gasteiger partial charge in [0.15, 0.2) is 8.07 Å². The molecule has 1 aliphatic carbocycles. The Labute approximate surface area is 336 Å². The molecule has 1 nitrogen and oxygen atoms in total. The van der Waals surface area contributed by atoms with E-state index < -0.39 is 8.07 Å². The van der Waals surface area contributed by atoms with Crippen molar-refractivity contribution < 1.29 is 0 Å². The van der Waals surface area contributed by atoms with Gasteiger partial charge in [-0.05, 0) is 112 Å². The standard InChI is InChI=1S/C55H41NSi/c1-55(2)50-28-16-27-46(39-18-5-3-6-19-39)54(50)49-34-33-43(37-51(49)55)56(42-32-31-38-17-9-10-20-40(38)35-42)41-21-15-24-45(36-41)57(44-22-7-4-8-23-44)52-29-13-11-25-47(52)48-26-12-14-30-53(48)57/h3-37H,1-2H3. The summed E-state index contributed by atoms with van der Waals surface area (Å²) in [5.74, 6) is 0. The Hall–Kier alpha value is -6.74. The quantitative estimate of drug-likeness (QED) is 0.153. The first-order valence-electron chi connectivity index (χ1n) is 20.0. The summed E-state index contributed by atoms with van der Waals surface area (Å²) in [6.45, 7) is 4.78. The maximum absolute atomic E-state index is 2.70. The van der Waals surface area contributed by atoms with E-state index in [2.05, 4.69) is 231 Å². The van der Waals surface area contributed by atoms with Gasteiger partial charge < -0.3 is 4.90 Å². The number of benzene rings is 9. The third-order valence-corrected chi connectivity index (χ3v) is 17.6. The van der Waals surface area contributed by atoms with Crippen LogP contribution in [0.5, 0.6) is 0 Å². The molecule has 11 rings (SSSR count). The first kappa shape index (κ1) is 33.6. The van der Waals surface area contributed by atoms with E-state index >= 15 is 0 Å². The van der Waals surface area contributed by atoms with Crippen molar-refractivity contribution >= 4 is 56.7 Å². The Balaban J connectivity index is 1.15. The number of hydrogen-bond acceptors (Lipinski definition) is 1. The molecule has 0 spiro atoms. The average molecular weight is 744 g/mol. The minimum Gasteiger partial charge on any atom is -0.310 e. The Morgan fingerprint density at radius 3 is 1.68 bits per heavy atom. The number of hydrogen-bond donors (Lipinski definition) is 0. The maximum atomic E-state index is 2.51. The lowest BCUT2D eigenvalue weighted by Gasteiger charge is -2.33. The maximum Gasteiger partial charge on any atom is 0.180 e. The zero-order valence-corrected chi connectivity index (χ0v) is 33.2. The molecular formula is C55H41NSi. The molecule has 0 saturated carbocycles. The monoisotopic (exact) mass is 743 g/mol. The van der Waals surface area contributed by atoms with Crippen molar-refractivity contribution in [2.24, 2.45) is 0 Å². The zero-order valence-electron chi connectivity index (χ0n) is 32.2. The van der Waals surface area contributed by atoms with E-state index in [-0.39, 0.29) is 5.41 Å². The van der Waals surface area contributed by atoms with Crippen molar-refractivity contribution in [1.29, 1.82) is 0 Å². The molecule has 9 aromatic carbocycles. The van der Waals surface area contributed by atoms with Crippen LogP contribution in [0, 0.1) is 0 Å². The molecule has 0 N–H and O–H groups in total. The molecule has 2 aliphatic rings. The Kier molecular flexibility index (Phi) is 7.61. The highest BCUT2D eigenvalue weighted by atomic mass is 28.3. The van der Waals surface area contributed by atoms with Crippen LogP contribution in [0.4, 0.5) is 17.1 Å². The van der Waals surface area contributed by atoms with Crippen molar-refractivity contribution in [2.45, 2.75) is 19.3 Å². The highest BCUT2D eigenvalue weighted by Crippen LogP contribution is 2.53. The van der Waals surface area contributed by atoms with Crippen molar-refractivity contribution in [3.05, 3.63) is 223 Å². The fraction of sp³-hybridized carbons (Fsp3) is 0.0545. The molecule has 9 aromatic rings. The van der Waals surface area contributed by atoms with Gasteiger partial charge in [0.1, 0.15) is 0 Å². The summed E-state index contributed by atoms with van der Waals surface area (Å²) in [6, 6.07) is 79.6. The van der Waals surface area contributed by atoms with Crippen LogP contribution in [-0.4, -0.2) is 8.07 Å². The number of rotatable bonds is 6. The Morgan fingerprint density at radius 2 is 0.930 bits per heavy atom. The molecule has 57 heavy (non-hydrogen) atoms. The van der Waals surface area contributed by atoms with Gasteiger partial charge in [-0.2, -0.15) is 0 Å². The molecule has 2 heteroatoms. The molecule has 0 saturated heterocycles. The van der Waals surface area contributed by atoms with E-state index in [9.17, 15) is 0 Å². The van der Waals surface area contributed by atoms with Crippen LogP contribution >= 0.6 is 0 Å². The molecule has 0 amide bonds. The first-order chi connectivity index (χ1) is 28.0. The van der Waals surface area contributed by atoms with Crippen LogP contribution in [0.2, 0.25) is 0 Å². The van der Waals surface area contributed by atoms with Gasteiger partial charge in [-0.15, -0.1) is 0 Å². The van der Waals surface area contributed by atoms with Crippen molar-refractivity contribution in [3.8, 4) is 33.4 Å². The summed E-state index contributed by atoms with van der Waals surface area (Å²) in [6.07, 6.45) is 0. The fourth-order valence-corrected chi connectivity index (χ4v) is 15.3. The average Bonchev–Trinajstić information content (AvgIpc) is 3.70. The van der Waals surface area contributed by atoms with Crippen molar-refractivity contribution in [3.63, 3.8) is 0 Å². The third-order valence-electron chi connectivity index (χ3n) is 12.7. The second-order valence-corrected chi connectivity index (χ2v) is 19.8. The zero-order chi connectivity index (χ0) is 38.1. The lowest BCUT2D eigenvalue weighted by molar-refractivity contribution is 0.660. The Bertz CT molecular complexity index is 2950. The van der Waals surface area contributed by atoms with Crippen molar-refractivity contribution in [1.82, 2.24) is 0 Å². The van der Waals surface area contributed by atoms with Gasteiger partial charge in [-0.25, -0.2) is 0 Å². The number of nitrogens with zero attached hydrogens (tertiary/aromatic N) is 1. The summed E-state index contributed by atoms with van der Waals surface area (Å²) in [5.41, 5.74) is 13.9. The molecule has 0 atom stereocenters. The van der Waals surface area contributed by atoms with Gasteiger partial charge in [0, 0.05) is 22.5 Å². The minimum absolute atomic E-state index is 0.177. The summed E-state index contributed by atoms with van der Waals surface area (Å²) < 4.78 is 0. The second kappa shape index (κ2) is 12.9. The van der Waals surface area contributed by atoms with Gasteiger partial charge in [0.25, 0.3) is 0 Å². The van der Waals surface area contributed by atoms with E-state index in [1.165, 1.54) is 76.0 Å². The largest absolute Gasteiger partial charge is 0.310 e.